The molecule has 2 N–H and O–H groups in total. The summed E-state index contributed by atoms with van der Waals surface area (Å²) >= 11 is 0. The Kier molecular flexibility index (Phi) is 35.3. The minimum Gasteiger partial charge on any atom is -0.543 e. The van der Waals surface area contributed by atoms with Crippen molar-refractivity contribution in [3.63, 3.8) is 0 Å². The normalized spacial score (nSPS) is 6.29. The maximum atomic E-state index is 8.93. The number of carboxylic acids is 6. The van der Waals surface area contributed by atoms with Crippen molar-refractivity contribution in [1.29, 1.82) is 0 Å². The van der Waals surface area contributed by atoms with E-state index in [0.29, 0.717) is 0 Å². The summed E-state index contributed by atoms with van der Waals surface area (Å²) in [5, 5.41) is 53.6. The molecule has 0 rings (SSSR count). The van der Waals surface area contributed by atoms with E-state index >= 15 is 0 Å². The van der Waals surface area contributed by atoms with E-state index in [0.717, 1.165) is 0 Å². The smallest absolute Gasteiger partial charge is 0.543 e. The molecule has 0 aliphatic rings. The molecule has 15 heteroatoms. The molecule has 0 amide bonds. The van der Waals surface area contributed by atoms with Crippen LogP contribution >= 0.6 is 0 Å². The van der Waals surface area contributed by atoms with Crippen molar-refractivity contribution in [2.75, 3.05) is 0 Å². The monoisotopic (exact) mass is 486 g/mol. The Balaban J connectivity index is -0.0000000375. The zero-order valence-corrected chi connectivity index (χ0v) is 12.6. The van der Waals surface area contributed by atoms with Gasteiger partial charge in [0.25, 0.3) is 0 Å². The third kappa shape index (κ3) is 46.1. The summed E-state index contributed by atoms with van der Waals surface area (Å²) in [6.07, 6.45) is 0. The van der Waals surface area contributed by atoms with Crippen LogP contribution < -0.4 is 30.6 Å². The molecule has 0 aliphatic heterocycles. The second kappa shape index (κ2) is 20.3. The molecule has 0 saturated carbocycles. The number of hydrogen-bond donors (Lipinski definition) is 0. The van der Waals surface area contributed by atoms with Gasteiger partial charge in [-0.05, 0) is 0 Å². The maximum Gasteiger partial charge on any atom is 3.00 e. The molecule has 0 aromatic carbocycles. The molecule has 0 aliphatic carbocycles. The molecule has 120 valence electrons. The summed E-state index contributed by atoms with van der Waals surface area (Å²) in [7, 11) is 0. The van der Waals surface area contributed by atoms with Crippen LogP contribution in [0.15, 0.2) is 0 Å². The van der Waals surface area contributed by atoms with E-state index in [-0.39, 0.29) is 44.4 Å². The SMILES string of the molecule is O.O=C([O-])C(=O)[O-].O=C([O-])C(=O)[O-].O=C([O-])C(=O)[O-].[Ru+3].[Ru+3]. The molecule has 0 atom stereocenters. The van der Waals surface area contributed by atoms with Crippen LogP contribution in [0.3, 0.4) is 0 Å². The average Bonchev–Trinajstić information content (AvgIpc) is 2.18. The van der Waals surface area contributed by atoms with Gasteiger partial charge in [0, 0.05) is 0 Å². The van der Waals surface area contributed by atoms with Crippen LogP contribution in [0.1, 0.15) is 0 Å². The first-order valence-corrected chi connectivity index (χ1v) is 3.20. The summed E-state index contributed by atoms with van der Waals surface area (Å²) in [6, 6.07) is 0. The Morgan fingerprint density at radius 1 is 0.381 bits per heavy atom. The van der Waals surface area contributed by atoms with E-state index in [1.165, 1.54) is 0 Å². The van der Waals surface area contributed by atoms with Crippen molar-refractivity contribution >= 4 is 35.8 Å². The number of carboxylic acid groups (broad SMARTS) is 6. The molecule has 0 heterocycles. The van der Waals surface area contributed by atoms with Crippen LogP contribution in [0.5, 0.6) is 0 Å². The van der Waals surface area contributed by atoms with Gasteiger partial charge in [0.05, 0.1) is 35.8 Å². The van der Waals surface area contributed by atoms with Crippen molar-refractivity contribution in [2.24, 2.45) is 0 Å². The molecule has 0 saturated heterocycles. The van der Waals surface area contributed by atoms with Crippen molar-refractivity contribution in [3.05, 3.63) is 0 Å². The molecule has 0 aromatic heterocycles. The van der Waals surface area contributed by atoms with Gasteiger partial charge in [-0.15, -0.1) is 0 Å². The second-order valence-corrected chi connectivity index (χ2v) is 1.72. The van der Waals surface area contributed by atoms with Gasteiger partial charge < -0.3 is 64.9 Å². The molecule has 0 fully saturated rings. The van der Waals surface area contributed by atoms with Gasteiger partial charge in [-0.25, -0.2) is 0 Å². The van der Waals surface area contributed by atoms with Crippen LogP contribution in [0.2, 0.25) is 0 Å². The fraction of sp³-hybridized carbons (Fsp3) is 0. The molecule has 13 nitrogen and oxygen atoms in total. The zero-order valence-electron chi connectivity index (χ0n) is 9.11. The van der Waals surface area contributed by atoms with Gasteiger partial charge in [-0.1, -0.05) is 0 Å². The summed E-state index contributed by atoms with van der Waals surface area (Å²) in [5.41, 5.74) is 0. The molecule has 0 bridgehead atoms. The van der Waals surface area contributed by atoms with Gasteiger partial charge in [-0.2, -0.15) is 0 Å². The molecular weight excluding hydrogens is 482 g/mol. The minimum absolute atomic E-state index is 0. The minimum atomic E-state index is -2.19. The maximum absolute atomic E-state index is 8.93. The summed E-state index contributed by atoms with van der Waals surface area (Å²) in [5.74, 6) is -13.1. The van der Waals surface area contributed by atoms with Crippen LogP contribution in [0.4, 0.5) is 0 Å². The predicted octanol–water partition coefficient (Wildman–Crippen LogP) is -11.4. The van der Waals surface area contributed by atoms with Crippen molar-refractivity contribution in [3.8, 4) is 0 Å². The van der Waals surface area contributed by atoms with Gasteiger partial charge >= 0.3 is 39.0 Å². The Labute approximate surface area is 140 Å². The van der Waals surface area contributed by atoms with Crippen LogP contribution in [0, 0.1) is 0 Å². The van der Waals surface area contributed by atoms with Gasteiger partial charge in [-0.3, -0.25) is 0 Å². The molecular formula is C6H2O13Ru2. The summed E-state index contributed by atoms with van der Waals surface area (Å²) in [6.45, 7) is 0. The first-order valence-electron chi connectivity index (χ1n) is 3.20. The molecule has 0 spiro atoms. The summed E-state index contributed by atoms with van der Waals surface area (Å²) < 4.78 is 0. The number of aliphatic carboxylic acids is 6. The van der Waals surface area contributed by atoms with Gasteiger partial charge in [0.1, 0.15) is 0 Å². The van der Waals surface area contributed by atoms with E-state index in [9.17, 15) is 0 Å². The Bertz CT molecular complexity index is 282. The average molecular weight is 484 g/mol. The molecule has 2 radical (unpaired) electrons. The third-order valence-electron chi connectivity index (χ3n) is 0.500. The second-order valence-electron chi connectivity index (χ2n) is 1.72. The predicted molar refractivity (Wildman–Crippen MR) is 33.7 cm³/mol. The van der Waals surface area contributed by atoms with E-state index in [1.807, 2.05) is 0 Å². The van der Waals surface area contributed by atoms with Crippen molar-refractivity contribution in [1.82, 2.24) is 0 Å². The number of rotatable bonds is 0. The number of carbonyl (C=O) groups is 6. The fourth-order valence-electron chi connectivity index (χ4n) is 0. The first kappa shape index (κ1) is 36.4. The number of hydrogen-bond acceptors (Lipinski definition) is 12. The van der Waals surface area contributed by atoms with Crippen LogP contribution in [-0.2, 0) is 67.7 Å². The van der Waals surface area contributed by atoms with E-state index in [1.54, 1.807) is 0 Å². The standard InChI is InChI=1S/3C2H2O4.H2O.2Ru/c3*3-1(4)2(5)6;;;/h3*(H,3,4)(H,5,6);1H2;;/q;;;;2*+3/p-6. The quantitative estimate of drug-likeness (QED) is 0.229. The largest absolute Gasteiger partial charge is 3.00 e. The van der Waals surface area contributed by atoms with Gasteiger partial charge in [0.15, 0.2) is 0 Å². The molecule has 21 heavy (non-hydrogen) atoms. The number of carbonyl (C=O) groups excluding carboxylic acids is 6. The van der Waals surface area contributed by atoms with Crippen molar-refractivity contribution < 1.29 is 104 Å². The fourth-order valence-corrected chi connectivity index (χ4v) is 0. The Hall–Kier alpha value is -1.97. The van der Waals surface area contributed by atoms with Crippen LogP contribution in [-0.4, -0.2) is 41.3 Å². The van der Waals surface area contributed by atoms with E-state index < -0.39 is 35.8 Å². The molecule has 0 unspecified atom stereocenters. The third-order valence-corrected chi connectivity index (χ3v) is 0.500. The van der Waals surface area contributed by atoms with E-state index in [4.69, 9.17) is 59.4 Å². The van der Waals surface area contributed by atoms with Gasteiger partial charge in [0.2, 0.25) is 0 Å². The topological polar surface area (TPSA) is 272 Å². The van der Waals surface area contributed by atoms with Crippen molar-refractivity contribution in [2.45, 2.75) is 0 Å². The summed E-state index contributed by atoms with van der Waals surface area (Å²) in [4.78, 5) is 53.6. The van der Waals surface area contributed by atoms with Crippen LogP contribution in [0.25, 0.3) is 0 Å². The zero-order chi connectivity index (χ0) is 15.5. The van der Waals surface area contributed by atoms with E-state index in [2.05, 4.69) is 0 Å². The Morgan fingerprint density at radius 3 is 0.429 bits per heavy atom. The molecule has 0 aromatic rings. The Morgan fingerprint density at radius 2 is 0.429 bits per heavy atom. The first-order chi connectivity index (χ1) is 7.93.